The van der Waals surface area contributed by atoms with Crippen molar-refractivity contribution in [2.75, 3.05) is 45.8 Å². The van der Waals surface area contributed by atoms with Gasteiger partial charge in [-0.3, -0.25) is 4.79 Å². The maximum Gasteiger partial charge on any atom is 0.407 e. The van der Waals surface area contributed by atoms with Crippen molar-refractivity contribution in [1.29, 1.82) is 5.26 Å². The van der Waals surface area contributed by atoms with Gasteiger partial charge in [-0.25, -0.2) is 9.48 Å². The fourth-order valence-electron chi connectivity index (χ4n) is 3.55. The van der Waals surface area contributed by atoms with Gasteiger partial charge in [0.2, 0.25) is 0 Å². The quantitative estimate of drug-likeness (QED) is 0.356. The van der Waals surface area contributed by atoms with E-state index >= 15 is 0 Å². The second-order valence-electron chi connectivity index (χ2n) is 7.42. The minimum Gasteiger partial charge on any atom is -0.497 e. The smallest absolute Gasteiger partial charge is 0.407 e. The third-order valence-corrected chi connectivity index (χ3v) is 5.18. The van der Waals surface area contributed by atoms with E-state index in [4.69, 9.17) is 14.2 Å². The molecule has 34 heavy (non-hydrogen) atoms. The maximum atomic E-state index is 11.4. The van der Waals surface area contributed by atoms with Crippen LogP contribution in [0.15, 0.2) is 18.2 Å². The zero-order valence-electron chi connectivity index (χ0n) is 19.1. The summed E-state index contributed by atoms with van der Waals surface area (Å²) in [6, 6.07) is 7.06. The van der Waals surface area contributed by atoms with E-state index in [1.54, 1.807) is 22.9 Å². The molecular weight excluding hydrogens is 442 g/mol. The number of hydrogen-bond donors (Lipinski definition) is 2. The van der Waals surface area contributed by atoms with Crippen molar-refractivity contribution in [3.63, 3.8) is 0 Å². The molecule has 0 bridgehead atoms. The lowest BCUT2D eigenvalue weighted by Gasteiger charge is -2.16. The SMILES string of the molecule is COc1cc(C#Cc2nn([C@H]3CCN(C(=O)O)C3)c(NCCOC(C)=O)c2C#N)cc(OC)c1. The number of carboxylic acid groups (broad SMARTS) is 1. The molecule has 1 amide bonds. The monoisotopic (exact) mass is 467 g/mol. The molecule has 2 N–H and O–H groups in total. The van der Waals surface area contributed by atoms with E-state index in [9.17, 15) is 20.0 Å². The van der Waals surface area contributed by atoms with E-state index in [1.165, 1.54) is 26.0 Å². The van der Waals surface area contributed by atoms with Gasteiger partial charge in [0.15, 0.2) is 5.69 Å². The summed E-state index contributed by atoms with van der Waals surface area (Å²) >= 11 is 0. The van der Waals surface area contributed by atoms with Crippen LogP contribution in [0.1, 0.15) is 36.2 Å². The van der Waals surface area contributed by atoms with Crippen LogP contribution in [0, 0.1) is 23.2 Å². The van der Waals surface area contributed by atoms with Crippen molar-refractivity contribution >= 4 is 17.9 Å². The number of esters is 1. The predicted octanol–water partition coefficient (Wildman–Crippen LogP) is 2.07. The van der Waals surface area contributed by atoms with Gasteiger partial charge in [0.1, 0.15) is 35.6 Å². The maximum absolute atomic E-state index is 11.4. The molecule has 1 aliphatic rings. The van der Waals surface area contributed by atoms with E-state index in [-0.39, 0.29) is 37.0 Å². The zero-order chi connectivity index (χ0) is 24.7. The Balaban J connectivity index is 1.97. The summed E-state index contributed by atoms with van der Waals surface area (Å²) in [7, 11) is 3.08. The summed E-state index contributed by atoms with van der Waals surface area (Å²) in [5, 5.41) is 26.8. The van der Waals surface area contributed by atoms with Gasteiger partial charge in [-0.2, -0.15) is 10.4 Å². The highest BCUT2D eigenvalue weighted by atomic mass is 16.5. The molecular formula is C23H25N5O6. The van der Waals surface area contributed by atoms with E-state index < -0.39 is 12.1 Å². The molecule has 1 aromatic heterocycles. The van der Waals surface area contributed by atoms with Crippen molar-refractivity contribution < 1.29 is 28.9 Å². The van der Waals surface area contributed by atoms with E-state index in [0.29, 0.717) is 35.8 Å². The zero-order valence-corrected chi connectivity index (χ0v) is 19.1. The second-order valence-corrected chi connectivity index (χ2v) is 7.42. The first-order chi connectivity index (χ1) is 16.4. The Bertz CT molecular complexity index is 1150. The van der Waals surface area contributed by atoms with Crippen molar-refractivity contribution in [2.24, 2.45) is 0 Å². The van der Waals surface area contributed by atoms with Crippen LogP contribution >= 0.6 is 0 Å². The molecule has 1 atom stereocenters. The van der Waals surface area contributed by atoms with Gasteiger partial charge in [0.25, 0.3) is 0 Å². The number of ether oxygens (including phenoxy) is 3. The lowest BCUT2D eigenvalue weighted by molar-refractivity contribution is -0.140. The highest BCUT2D eigenvalue weighted by molar-refractivity contribution is 5.66. The summed E-state index contributed by atoms with van der Waals surface area (Å²) in [5.74, 6) is 7.06. The van der Waals surface area contributed by atoms with Crippen LogP contribution < -0.4 is 14.8 Å². The molecule has 11 heteroatoms. The molecule has 3 rings (SSSR count). The van der Waals surface area contributed by atoms with Crippen molar-refractivity contribution in [1.82, 2.24) is 14.7 Å². The van der Waals surface area contributed by atoms with Gasteiger partial charge < -0.3 is 29.5 Å². The van der Waals surface area contributed by atoms with Crippen LogP contribution in [-0.4, -0.2) is 72.3 Å². The molecule has 0 saturated carbocycles. The molecule has 178 valence electrons. The van der Waals surface area contributed by atoms with Gasteiger partial charge in [0, 0.05) is 31.6 Å². The Kier molecular flexibility index (Phi) is 7.83. The normalized spacial score (nSPS) is 14.5. The molecule has 11 nitrogen and oxygen atoms in total. The lowest BCUT2D eigenvalue weighted by Crippen LogP contribution is -2.27. The van der Waals surface area contributed by atoms with E-state index in [0.717, 1.165) is 0 Å². The number of hydrogen-bond acceptors (Lipinski definition) is 8. The number of nitrogens with one attached hydrogen (secondary N) is 1. The molecule has 1 saturated heterocycles. The minimum absolute atomic E-state index is 0.0991. The highest BCUT2D eigenvalue weighted by Gasteiger charge is 2.31. The topological polar surface area (TPSA) is 139 Å². The molecule has 2 aromatic rings. The molecule has 0 unspecified atom stereocenters. The van der Waals surface area contributed by atoms with Crippen molar-refractivity contribution in [2.45, 2.75) is 19.4 Å². The summed E-state index contributed by atoms with van der Waals surface area (Å²) in [5.41, 5.74) is 1.07. The number of likely N-dealkylation sites (tertiary alicyclic amines) is 1. The number of rotatable bonds is 7. The molecule has 2 heterocycles. The Labute approximate surface area is 196 Å². The minimum atomic E-state index is -1.01. The van der Waals surface area contributed by atoms with Gasteiger partial charge in [0.05, 0.1) is 26.8 Å². The third kappa shape index (κ3) is 5.70. The van der Waals surface area contributed by atoms with Crippen LogP contribution in [0.5, 0.6) is 11.5 Å². The number of methoxy groups -OCH3 is 2. The standard InChI is InChI=1S/C23H25N5O6/c1-15(29)34-9-7-25-22-20(13-24)21(26-28(22)17-6-8-27(14-17)23(30)31)5-4-16-10-18(32-2)12-19(11-16)33-3/h10-12,17,25H,6-9,14H2,1-3H3,(H,30,31)/t17-/m0/s1. The largest absolute Gasteiger partial charge is 0.497 e. The number of aromatic nitrogens is 2. The van der Waals surface area contributed by atoms with Gasteiger partial charge in [-0.1, -0.05) is 5.92 Å². The van der Waals surface area contributed by atoms with Crippen LogP contribution in [-0.2, 0) is 9.53 Å². The Morgan fingerprint density at radius 3 is 2.50 bits per heavy atom. The first kappa shape index (κ1) is 24.3. The number of anilines is 1. The van der Waals surface area contributed by atoms with Crippen molar-refractivity contribution in [3.05, 3.63) is 35.0 Å². The fraction of sp³-hybridized carbons (Fsp3) is 0.391. The Hall–Kier alpha value is -4.38. The summed E-state index contributed by atoms with van der Waals surface area (Å²) in [4.78, 5) is 23.7. The number of nitrogens with zero attached hydrogens (tertiary/aromatic N) is 4. The molecule has 1 aliphatic heterocycles. The van der Waals surface area contributed by atoms with Crippen LogP contribution in [0.2, 0.25) is 0 Å². The highest BCUT2D eigenvalue weighted by Crippen LogP contribution is 2.29. The first-order valence-electron chi connectivity index (χ1n) is 10.5. The van der Waals surface area contributed by atoms with Crippen molar-refractivity contribution in [3.8, 4) is 29.4 Å². The first-order valence-corrected chi connectivity index (χ1v) is 10.5. The summed E-state index contributed by atoms with van der Waals surface area (Å²) < 4.78 is 17.1. The van der Waals surface area contributed by atoms with E-state index in [1.807, 2.05) is 0 Å². The number of carbonyl (C=O) groups excluding carboxylic acids is 1. The number of benzene rings is 1. The van der Waals surface area contributed by atoms with Crippen LogP contribution in [0.25, 0.3) is 0 Å². The van der Waals surface area contributed by atoms with Crippen LogP contribution in [0.3, 0.4) is 0 Å². The molecule has 0 spiro atoms. The van der Waals surface area contributed by atoms with Gasteiger partial charge in [-0.05, 0) is 24.5 Å². The van der Waals surface area contributed by atoms with Gasteiger partial charge in [-0.15, -0.1) is 0 Å². The molecule has 0 aliphatic carbocycles. The molecule has 1 fully saturated rings. The summed E-state index contributed by atoms with van der Waals surface area (Å²) in [6.45, 7) is 2.25. The summed E-state index contributed by atoms with van der Waals surface area (Å²) in [6.07, 6.45) is -0.469. The average Bonchev–Trinajstić information content (AvgIpc) is 3.44. The third-order valence-electron chi connectivity index (χ3n) is 5.18. The number of amides is 1. The van der Waals surface area contributed by atoms with Gasteiger partial charge >= 0.3 is 12.1 Å². The average molecular weight is 467 g/mol. The molecule has 1 aromatic carbocycles. The van der Waals surface area contributed by atoms with E-state index in [2.05, 4.69) is 28.3 Å². The number of carbonyl (C=O) groups is 2. The lowest BCUT2D eigenvalue weighted by atomic mass is 10.2. The second kappa shape index (κ2) is 11.0. The number of nitriles is 1. The Morgan fingerprint density at radius 1 is 1.24 bits per heavy atom. The fourth-order valence-corrected chi connectivity index (χ4v) is 3.55. The predicted molar refractivity (Wildman–Crippen MR) is 121 cm³/mol. The molecule has 0 radical (unpaired) electrons. The van der Waals surface area contributed by atoms with Crippen LogP contribution in [0.4, 0.5) is 10.6 Å². The Morgan fingerprint density at radius 2 is 1.94 bits per heavy atom.